The lowest BCUT2D eigenvalue weighted by atomic mass is 9.93. The van der Waals surface area contributed by atoms with Crippen molar-refractivity contribution < 1.29 is 41.4 Å². The Kier molecular flexibility index (Phi) is 2.90. The summed E-state index contributed by atoms with van der Waals surface area (Å²) in [6.45, 7) is 0. The monoisotopic (exact) mass is 684 g/mol. The number of rotatable bonds is 5. The normalized spacial score (nSPS) is 19.2. The molecule has 10 rings (SSSR count). The van der Waals surface area contributed by atoms with Crippen LogP contribution in [0, 0.1) is 0 Å². The van der Waals surface area contributed by atoms with E-state index in [4.69, 9.17) is 31.8 Å². The molecule has 7 aromatic carbocycles. The smallest absolute Gasteiger partial charge is 0.164 e. The van der Waals surface area contributed by atoms with Crippen LogP contribution in [0.5, 0.6) is 0 Å². The molecule has 0 bridgehead atoms. The van der Waals surface area contributed by atoms with Gasteiger partial charge in [0.1, 0.15) is 11.2 Å². The molecule has 0 aliphatic heterocycles. The molecule has 0 N–H and O–H groups in total. The van der Waals surface area contributed by atoms with Gasteiger partial charge in [-0.15, -0.1) is 11.3 Å². The number of aromatic nitrogens is 3. The van der Waals surface area contributed by atoms with Crippen molar-refractivity contribution in [3.05, 3.63) is 163 Å². The van der Waals surface area contributed by atoms with Crippen molar-refractivity contribution in [2.75, 3.05) is 0 Å². The molecular formula is C45H27N3OS. The number of benzene rings is 7. The Morgan fingerprint density at radius 2 is 0.980 bits per heavy atom. The molecular weight excluding hydrogens is 631 g/mol. The lowest BCUT2D eigenvalue weighted by molar-refractivity contribution is 0.669. The molecule has 0 unspecified atom stereocenters. The predicted octanol–water partition coefficient (Wildman–Crippen LogP) is 12.5. The zero-order chi connectivity index (χ0) is 56.5. The van der Waals surface area contributed by atoms with Gasteiger partial charge < -0.3 is 4.42 Å². The quantitative estimate of drug-likeness (QED) is 0.181. The lowest BCUT2D eigenvalue weighted by Gasteiger charge is -2.13. The molecule has 0 amide bonds. The first-order valence-electron chi connectivity index (χ1n) is 27.9. The summed E-state index contributed by atoms with van der Waals surface area (Å²) in [5, 5.41) is -1.56. The van der Waals surface area contributed by atoms with Crippen LogP contribution >= 0.6 is 11.3 Å². The summed E-state index contributed by atoms with van der Waals surface area (Å²) < 4.78 is 245. The largest absolute Gasteiger partial charge is 0.456 e. The van der Waals surface area contributed by atoms with Gasteiger partial charge in [0.2, 0.25) is 0 Å². The molecule has 3 aromatic heterocycles. The summed E-state index contributed by atoms with van der Waals surface area (Å²) in [6.07, 6.45) is 0. The zero-order valence-electron chi connectivity index (χ0n) is 51.7. The second kappa shape index (κ2) is 11.6. The van der Waals surface area contributed by atoms with Crippen LogP contribution < -0.4 is 0 Å². The molecule has 234 valence electrons. The molecule has 10 aromatic rings. The van der Waals surface area contributed by atoms with Crippen molar-refractivity contribution in [1.82, 2.24) is 15.0 Å². The number of nitrogens with zero attached hydrogens (tertiary/aromatic N) is 3. The predicted molar refractivity (Wildman–Crippen MR) is 207 cm³/mol. The van der Waals surface area contributed by atoms with E-state index in [9.17, 15) is 9.60 Å². The first-order chi connectivity index (χ1) is 36.0. The SMILES string of the molecule is [2H]c1c([2H])c([2H])c(-c2nc(-c3c([2H])c([2H])c([2H])c([2H])c3[2H])nc(-c3c([2H])c(-c4c([2H])c([2H])c5c(oc6c([2H])c([2H])c([2H])c([2H])c65)c4[2H])c([2H])c(-c4c([2H])c([2H])c([2H])c5sc6c([2H])c([2H])c([2H])c([2H])c6c45)c3[2H])n2)c([2H])c1[2H]. The van der Waals surface area contributed by atoms with Crippen molar-refractivity contribution in [3.8, 4) is 56.4 Å². The topological polar surface area (TPSA) is 51.8 Å². The van der Waals surface area contributed by atoms with Gasteiger partial charge in [-0.25, -0.2) is 15.0 Å². The minimum Gasteiger partial charge on any atom is -0.456 e. The van der Waals surface area contributed by atoms with Crippen LogP contribution in [0.2, 0.25) is 0 Å². The molecule has 3 heterocycles. The maximum Gasteiger partial charge on any atom is 0.164 e. The van der Waals surface area contributed by atoms with Crippen molar-refractivity contribution in [3.63, 3.8) is 0 Å². The average molecular weight is 685 g/mol. The van der Waals surface area contributed by atoms with E-state index in [0.717, 1.165) is 0 Å². The molecule has 0 saturated heterocycles. The molecule has 50 heavy (non-hydrogen) atoms. The highest BCUT2D eigenvalue weighted by molar-refractivity contribution is 7.25. The minimum atomic E-state index is -1.09. The van der Waals surface area contributed by atoms with Crippen LogP contribution in [-0.4, -0.2) is 15.0 Å². The molecule has 4 nitrogen and oxygen atoms in total. The Bertz CT molecular complexity index is 4290. The van der Waals surface area contributed by atoms with Crippen LogP contribution in [0.15, 0.2) is 168 Å². The van der Waals surface area contributed by atoms with Crippen LogP contribution in [0.3, 0.4) is 0 Å². The van der Waals surface area contributed by atoms with Crippen LogP contribution in [0.1, 0.15) is 37.0 Å². The summed E-state index contributed by atoms with van der Waals surface area (Å²) in [6, 6.07) is -23.3. The van der Waals surface area contributed by atoms with Gasteiger partial charge in [0, 0.05) is 47.6 Å². The minimum absolute atomic E-state index is 0.185. The third-order valence-corrected chi connectivity index (χ3v) is 8.41. The molecule has 0 radical (unpaired) electrons. The zero-order valence-corrected chi connectivity index (χ0v) is 25.5. The van der Waals surface area contributed by atoms with E-state index in [1.165, 1.54) is 0 Å². The lowest BCUT2D eigenvalue weighted by Crippen LogP contribution is -2.00. The van der Waals surface area contributed by atoms with Gasteiger partial charge in [0.25, 0.3) is 0 Å². The van der Waals surface area contributed by atoms with E-state index in [1.54, 1.807) is 0 Å². The molecule has 0 aliphatic rings. The summed E-state index contributed by atoms with van der Waals surface area (Å²) in [7, 11) is 0. The van der Waals surface area contributed by atoms with E-state index in [2.05, 4.69) is 15.0 Å². The summed E-state index contributed by atoms with van der Waals surface area (Å²) in [5.41, 5.74) is -6.85. The summed E-state index contributed by atoms with van der Waals surface area (Å²) in [4.78, 5) is 13.0. The second-order valence-electron chi connectivity index (χ2n) is 10.3. The van der Waals surface area contributed by atoms with E-state index < -0.39 is 242 Å². The molecule has 0 atom stereocenters. The molecule has 0 spiro atoms. The number of para-hydroxylation sites is 1. The van der Waals surface area contributed by atoms with Crippen molar-refractivity contribution >= 4 is 53.4 Å². The van der Waals surface area contributed by atoms with Crippen LogP contribution in [0.25, 0.3) is 98.5 Å². The number of furan rings is 1. The van der Waals surface area contributed by atoms with E-state index in [0.29, 0.717) is 11.3 Å². The fourth-order valence-electron chi connectivity index (χ4n) is 5.24. The number of fused-ring (bicyclic) bond motifs is 6. The van der Waals surface area contributed by atoms with Gasteiger partial charge in [0.05, 0.1) is 37.0 Å². The van der Waals surface area contributed by atoms with Crippen molar-refractivity contribution in [2.24, 2.45) is 0 Å². The Balaban J connectivity index is 1.47. The third kappa shape index (κ3) is 4.87. The van der Waals surface area contributed by atoms with E-state index in [1.807, 2.05) is 0 Å². The van der Waals surface area contributed by atoms with Gasteiger partial charge >= 0.3 is 0 Å². The highest BCUT2D eigenvalue weighted by Gasteiger charge is 2.18. The Morgan fingerprint density at radius 1 is 0.400 bits per heavy atom. The summed E-state index contributed by atoms with van der Waals surface area (Å²) in [5.74, 6) is -2.71. The molecule has 5 heteroatoms. The van der Waals surface area contributed by atoms with E-state index >= 15 is 0 Å². The van der Waals surface area contributed by atoms with Gasteiger partial charge in [-0.2, -0.15) is 0 Å². The maximum atomic E-state index is 10.0. The second-order valence-corrected chi connectivity index (χ2v) is 11.3. The first kappa shape index (κ1) is 12.5. The molecule has 0 aliphatic carbocycles. The number of hydrogen-bond acceptors (Lipinski definition) is 5. The standard InChI is InChI=1S/C45H27N3OS/c1-3-12-28(13-4-1)43-46-44(29-14-5-2-6-15-29)48-45(47-43)33-25-31(30-22-23-36-35-16-7-9-19-38(35)49-39(36)27-30)24-32(26-33)34-18-11-21-41-42(34)37-17-8-10-20-40(37)50-41/h1-27H/i1D,2D,3D,4D,5D,6D,7D,8D,9D,10D,11D,12D,13D,14D,15D,16D,17D,18D,19D,20D,21D,22D,23D,24D,25D,26D,27D. The van der Waals surface area contributed by atoms with Gasteiger partial charge in [-0.05, 0) is 70.6 Å². The Morgan fingerprint density at radius 3 is 1.74 bits per heavy atom. The van der Waals surface area contributed by atoms with E-state index in [-0.39, 0.29) is 20.2 Å². The Hall–Kier alpha value is -6.43. The van der Waals surface area contributed by atoms with Gasteiger partial charge in [-0.1, -0.05) is 115 Å². The maximum absolute atomic E-state index is 10.0. The highest BCUT2D eigenvalue weighted by Crippen LogP contribution is 2.42. The fraction of sp³-hybridized carbons (Fsp3) is 0. The Labute approximate surface area is 329 Å². The van der Waals surface area contributed by atoms with Crippen molar-refractivity contribution in [1.29, 1.82) is 0 Å². The number of hydrogen-bond donors (Lipinski definition) is 0. The third-order valence-electron chi connectivity index (χ3n) is 7.39. The van der Waals surface area contributed by atoms with Crippen LogP contribution in [0.4, 0.5) is 0 Å². The van der Waals surface area contributed by atoms with Crippen LogP contribution in [-0.2, 0) is 0 Å². The average Bonchev–Trinajstić information content (AvgIpc) is 4.23. The highest BCUT2D eigenvalue weighted by atomic mass is 32.1. The number of thiophene rings is 1. The van der Waals surface area contributed by atoms with Crippen molar-refractivity contribution in [2.45, 2.75) is 0 Å². The molecule has 0 fully saturated rings. The summed E-state index contributed by atoms with van der Waals surface area (Å²) >= 11 is 0.617. The fourth-order valence-corrected chi connectivity index (χ4v) is 6.20. The van der Waals surface area contributed by atoms with Gasteiger partial charge in [-0.3, -0.25) is 0 Å². The first-order valence-corrected chi connectivity index (χ1v) is 15.2. The molecule has 0 saturated carbocycles. The van der Waals surface area contributed by atoms with Gasteiger partial charge in [0.15, 0.2) is 17.5 Å².